The van der Waals surface area contributed by atoms with Gasteiger partial charge in [-0.2, -0.15) is 10.1 Å². The molecular formula is C16H20N6O2. The Kier molecular flexibility index (Phi) is 4.11. The first-order chi connectivity index (χ1) is 11.5. The molecule has 1 aromatic carbocycles. The Morgan fingerprint density at radius 2 is 1.88 bits per heavy atom. The lowest BCUT2D eigenvalue weighted by Gasteiger charge is -2.18. The summed E-state index contributed by atoms with van der Waals surface area (Å²) in [6, 6.07) is 3.59. The molecule has 0 aliphatic carbocycles. The summed E-state index contributed by atoms with van der Waals surface area (Å²) < 4.78 is 12.4. The van der Waals surface area contributed by atoms with Crippen LogP contribution >= 0.6 is 0 Å². The smallest absolute Gasteiger partial charge is 0.227 e. The number of ether oxygens (including phenoxy) is 2. The molecule has 0 spiro atoms. The number of nitrogens with zero attached hydrogens (tertiary/aromatic N) is 5. The van der Waals surface area contributed by atoms with Gasteiger partial charge >= 0.3 is 0 Å². The number of anilines is 2. The fourth-order valence-electron chi connectivity index (χ4n) is 2.54. The summed E-state index contributed by atoms with van der Waals surface area (Å²) in [6.07, 6.45) is 3.77. The predicted octanol–water partition coefficient (Wildman–Crippen LogP) is 1.60. The monoisotopic (exact) mass is 328 g/mol. The van der Waals surface area contributed by atoms with Crippen molar-refractivity contribution in [3.8, 4) is 11.5 Å². The SMILES string of the molecule is COc1cc2nc(N(C)Cc3cnn(C)c3)nc(N)c2cc1OC. The molecule has 2 aromatic heterocycles. The quantitative estimate of drug-likeness (QED) is 0.760. The second-order valence-corrected chi connectivity index (χ2v) is 5.51. The molecule has 3 aromatic rings. The zero-order valence-corrected chi connectivity index (χ0v) is 14.1. The van der Waals surface area contributed by atoms with Gasteiger partial charge in [-0.3, -0.25) is 4.68 Å². The number of hydrogen-bond acceptors (Lipinski definition) is 7. The van der Waals surface area contributed by atoms with Crippen molar-refractivity contribution in [1.82, 2.24) is 19.7 Å². The molecule has 24 heavy (non-hydrogen) atoms. The van der Waals surface area contributed by atoms with Gasteiger partial charge in [0.1, 0.15) is 5.82 Å². The Hall–Kier alpha value is -3.03. The Balaban J connectivity index is 1.99. The van der Waals surface area contributed by atoms with Gasteiger partial charge in [-0.1, -0.05) is 0 Å². The van der Waals surface area contributed by atoms with Crippen LogP contribution < -0.4 is 20.1 Å². The first-order valence-corrected chi connectivity index (χ1v) is 7.39. The van der Waals surface area contributed by atoms with E-state index in [1.54, 1.807) is 31.0 Å². The molecule has 0 amide bonds. The van der Waals surface area contributed by atoms with Crippen LogP contribution in [-0.4, -0.2) is 41.0 Å². The van der Waals surface area contributed by atoms with E-state index in [2.05, 4.69) is 15.1 Å². The van der Waals surface area contributed by atoms with Crippen LogP contribution in [0.2, 0.25) is 0 Å². The van der Waals surface area contributed by atoms with Crippen molar-refractivity contribution in [2.45, 2.75) is 6.54 Å². The van der Waals surface area contributed by atoms with Gasteiger partial charge in [0.2, 0.25) is 5.95 Å². The Morgan fingerprint density at radius 1 is 1.17 bits per heavy atom. The second-order valence-electron chi connectivity index (χ2n) is 5.51. The predicted molar refractivity (Wildman–Crippen MR) is 92.4 cm³/mol. The average molecular weight is 328 g/mol. The van der Waals surface area contributed by atoms with E-state index in [0.717, 1.165) is 10.9 Å². The molecule has 2 heterocycles. The number of nitrogens with two attached hydrogens (primary N) is 1. The van der Waals surface area contributed by atoms with E-state index >= 15 is 0 Å². The number of fused-ring (bicyclic) bond motifs is 1. The van der Waals surface area contributed by atoms with Crippen molar-refractivity contribution in [2.24, 2.45) is 7.05 Å². The van der Waals surface area contributed by atoms with E-state index in [9.17, 15) is 0 Å². The summed E-state index contributed by atoms with van der Waals surface area (Å²) in [5, 5.41) is 4.89. The molecule has 8 heteroatoms. The summed E-state index contributed by atoms with van der Waals surface area (Å²) >= 11 is 0. The van der Waals surface area contributed by atoms with Gasteiger partial charge in [-0.05, 0) is 6.07 Å². The second kappa shape index (κ2) is 6.23. The molecule has 0 aliphatic rings. The van der Waals surface area contributed by atoms with Gasteiger partial charge < -0.3 is 20.1 Å². The van der Waals surface area contributed by atoms with Gasteiger partial charge in [0, 0.05) is 43.9 Å². The van der Waals surface area contributed by atoms with E-state index in [1.807, 2.05) is 31.4 Å². The van der Waals surface area contributed by atoms with E-state index in [0.29, 0.717) is 35.3 Å². The molecule has 0 aliphatic heterocycles. The number of aryl methyl sites for hydroxylation is 1. The maximum atomic E-state index is 6.12. The number of aromatic nitrogens is 4. The minimum Gasteiger partial charge on any atom is -0.493 e. The lowest BCUT2D eigenvalue weighted by atomic mass is 10.2. The van der Waals surface area contributed by atoms with Crippen molar-refractivity contribution in [1.29, 1.82) is 0 Å². The minimum absolute atomic E-state index is 0.397. The highest BCUT2D eigenvalue weighted by atomic mass is 16.5. The maximum Gasteiger partial charge on any atom is 0.227 e. The summed E-state index contributed by atoms with van der Waals surface area (Å²) in [7, 11) is 6.96. The molecule has 0 unspecified atom stereocenters. The molecule has 2 N–H and O–H groups in total. The van der Waals surface area contributed by atoms with Crippen LogP contribution in [0, 0.1) is 0 Å². The fraction of sp³-hybridized carbons (Fsp3) is 0.312. The topological polar surface area (TPSA) is 91.3 Å². The van der Waals surface area contributed by atoms with E-state index in [1.165, 1.54) is 0 Å². The first kappa shape index (κ1) is 15.9. The third-order valence-corrected chi connectivity index (χ3v) is 3.74. The van der Waals surface area contributed by atoms with Crippen LogP contribution in [0.5, 0.6) is 11.5 Å². The van der Waals surface area contributed by atoms with Crippen LogP contribution in [0.1, 0.15) is 5.56 Å². The van der Waals surface area contributed by atoms with Crippen LogP contribution in [0.4, 0.5) is 11.8 Å². The van der Waals surface area contributed by atoms with E-state index < -0.39 is 0 Å². The van der Waals surface area contributed by atoms with Crippen molar-refractivity contribution >= 4 is 22.7 Å². The number of rotatable bonds is 5. The van der Waals surface area contributed by atoms with Gasteiger partial charge in [-0.25, -0.2) is 4.98 Å². The summed E-state index contributed by atoms with van der Waals surface area (Å²) in [5.74, 6) is 2.13. The minimum atomic E-state index is 0.397. The zero-order valence-electron chi connectivity index (χ0n) is 14.1. The van der Waals surface area contributed by atoms with Crippen LogP contribution in [-0.2, 0) is 13.6 Å². The van der Waals surface area contributed by atoms with E-state index in [4.69, 9.17) is 15.2 Å². The zero-order chi connectivity index (χ0) is 17.3. The molecule has 0 bridgehead atoms. The van der Waals surface area contributed by atoms with Gasteiger partial charge in [0.25, 0.3) is 0 Å². The maximum absolute atomic E-state index is 6.12. The number of benzene rings is 1. The first-order valence-electron chi connectivity index (χ1n) is 7.39. The number of nitrogen functional groups attached to an aromatic ring is 1. The molecule has 8 nitrogen and oxygen atoms in total. The van der Waals surface area contributed by atoms with Gasteiger partial charge in [0.05, 0.1) is 25.9 Å². The standard InChI is InChI=1S/C16H20N6O2/c1-21(8-10-7-18-22(2)9-10)16-19-12-6-14(24-4)13(23-3)5-11(12)15(17)20-16/h5-7,9H,8H2,1-4H3,(H2,17,19,20). The summed E-state index contributed by atoms with van der Waals surface area (Å²) in [5.41, 5.74) is 7.88. The molecule has 126 valence electrons. The highest BCUT2D eigenvalue weighted by molar-refractivity contribution is 5.91. The van der Waals surface area contributed by atoms with Crippen LogP contribution in [0.15, 0.2) is 24.5 Å². The summed E-state index contributed by atoms with van der Waals surface area (Å²) in [6.45, 7) is 0.631. The van der Waals surface area contributed by atoms with E-state index in [-0.39, 0.29) is 0 Å². The Labute approximate surface area is 139 Å². The molecule has 0 atom stereocenters. The molecular weight excluding hydrogens is 308 g/mol. The third kappa shape index (κ3) is 2.90. The summed E-state index contributed by atoms with van der Waals surface area (Å²) in [4.78, 5) is 10.9. The number of methoxy groups -OCH3 is 2. The fourth-order valence-corrected chi connectivity index (χ4v) is 2.54. The van der Waals surface area contributed by atoms with Crippen molar-refractivity contribution in [2.75, 3.05) is 31.9 Å². The van der Waals surface area contributed by atoms with Crippen LogP contribution in [0.3, 0.4) is 0 Å². The lowest BCUT2D eigenvalue weighted by Crippen LogP contribution is -2.19. The Bertz CT molecular complexity index is 876. The molecule has 0 saturated heterocycles. The Morgan fingerprint density at radius 3 is 2.50 bits per heavy atom. The third-order valence-electron chi connectivity index (χ3n) is 3.74. The van der Waals surface area contributed by atoms with Crippen molar-refractivity contribution in [3.05, 3.63) is 30.1 Å². The molecule has 3 rings (SSSR count). The highest BCUT2D eigenvalue weighted by Crippen LogP contribution is 2.34. The largest absolute Gasteiger partial charge is 0.493 e. The molecule has 0 fully saturated rings. The van der Waals surface area contributed by atoms with Crippen molar-refractivity contribution < 1.29 is 9.47 Å². The van der Waals surface area contributed by atoms with Gasteiger partial charge in [-0.15, -0.1) is 0 Å². The van der Waals surface area contributed by atoms with Crippen molar-refractivity contribution in [3.63, 3.8) is 0 Å². The molecule has 0 radical (unpaired) electrons. The van der Waals surface area contributed by atoms with Crippen LogP contribution in [0.25, 0.3) is 10.9 Å². The van der Waals surface area contributed by atoms with Gasteiger partial charge in [0.15, 0.2) is 11.5 Å². The average Bonchev–Trinajstić information content (AvgIpc) is 2.98. The normalized spacial score (nSPS) is 10.8. The lowest BCUT2D eigenvalue weighted by molar-refractivity contribution is 0.356. The molecule has 0 saturated carbocycles. The highest BCUT2D eigenvalue weighted by Gasteiger charge is 2.14. The number of hydrogen-bond donors (Lipinski definition) is 1.